The number of hydrogen-bond acceptors (Lipinski definition) is 3. The lowest BCUT2D eigenvalue weighted by molar-refractivity contribution is -0.116. The third-order valence-electron chi connectivity index (χ3n) is 6.31. The first-order valence-corrected chi connectivity index (χ1v) is 12.4. The highest BCUT2D eigenvalue weighted by molar-refractivity contribution is 6.42. The van der Waals surface area contributed by atoms with Crippen LogP contribution in [0.25, 0.3) is 17.0 Å². The molecular formula is C26H30Cl2N4O. The minimum Gasteiger partial charge on any atom is -0.353 e. The van der Waals surface area contributed by atoms with Crippen LogP contribution in [0.1, 0.15) is 49.3 Å². The number of rotatable bonds is 9. The number of aromatic nitrogens is 2. The van der Waals surface area contributed by atoms with E-state index in [1.807, 2.05) is 12.1 Å². The molecular weight excluding hydrogens is 455 g/mol. The number of nitrogens with zero attached hydrogens (tertiary/aromatic N) is 2. The van der Waals surface area contributed by atoms with Gasteiger partial charge in [0.05, 0.1) is 15.6 Å². The Labute approximate surface area is 205 Å². The Morgan fingerprint density at radius 2 is 1.91 bits per heavy atom. The van der Waals surface area contributed by atoms with E-state index in [0.717, 1.165) is 50.0 Å². The number of likely N-dealkylation sites (tertiary alicyclic amines) is 1. The molecule has 174 valence electrons. The Morgan fingerprint density at radius 3 is 2.73 bits per heavy atom. The van der Waals surface area contributed by atoms with Crippen LogP contribution in [-0.4, -0.2) is 47.2 Å². The minimum atomic E-state index is -0.0884. The largest absolute Gasteiger partial charge is 0.353 e. The number of benzene rings is 2. The summed E-state index contributed by atoms with van der Waals surface area (Å²) in [5, 5.41) is 12.9. The van der Waals surface area contributed by atoms with Crippen molar-refractivity contribution in [1.82, 2.24) is 20.4 Å². The van der Waals surface area contributed by atoms with Crippen molar-refractivity contribution in [2.24, 2.45) is 0 Å². The number of hydrogen-bond donors (Lipinski definition) is 2. The van der Waals surface area contributed by atoms with E-state index in [1.54, 1.807) is 18.2 Å². The zero-order valence-electron chi connectivity index (χ0n) is 18.7. The Hall–Kier alpha value is -2.34. The number of carbonyl (C=O) groups is 1. The molecule has 1 aliphatic heterocycles. The molecule has 1 aromatic heterocycles. The molecule has 0 saturated carbocycles. The number of halogens is 2. The molecule has 4 rings (SSSR count). The van der Waals surface area contributed by atoms with Gasteiger partial charge in [-0.3, -0.25) is 9.89 Å². The van der Waals surface area contributed by atoms with E-state index in [9.17, 15) is 4.79 Å². The second-order valence-corrected chi connectivity index (χ2v) is 9.44. The molecule has 0 atom stereocenters. The summed E-state index contributed by atoms with van der Waals surface area (Å²) in [4.78, 5) is 14.5. The summed E-state index contributed by atoms with van der Waals surface area (Å²) in [6, 6.07) is 13.7. The molecule has 0 spiro atoms. The van der Waals surface area contributed by atoms with E-state index in [4.69, 9.17) is 23.2 Å². The number of fused-ring (bicyclic) bond motifs is 1. The Balaban J connectivity index is 1.09. The topological polar surface area (TPSA) is 61.0 Å². The van der Waals surface area contributed by atoms with Gasteiger partial charge in [0.1, 0.15) is 0 Å². The monoisotopic (exact) mass is 484 g/mol. The van der Waals surface area contributed by atoms with Crippen LogP contribution < -0.4 is 5.32 Å². The Morgan fingerprint density at radius 1 is 1.09 bits per heavy atom. The molecule has 7 heteroatoms. The van der Waals surface area contributed by atoms with Crippen molar-refractivity contribution in [1.29, 1.82) is 0 Å². The summed E-state index contributed by atoms with van der Waals surface area (Å²) in [6.07, 6.45) is 8.89. The van der Waals surface area contributed by atoms with Crippen molar-refractivity contribution >= 4 is 46.1 Å². The van der Waals surface area contributed by atoms with Crippen LogP contribution in [0.4, 0.5) is 0 Å². The average molecular weight is 485 g/mol. The van der Waals surface area contributed by atoms with Gasteiger partial charge in [-0.25, -0.2) is 0 Å². The number of unbranched alkanes of at least 4 members (excludes halogenated alkanes) is 2. The smallest absolute Gasteiger partial charge is 0.243 e. The van der Waals surface area contributed by atoms with Crippen LogP contribution in [0.5, 0.6) is 0 Å². The molecule has 0 aliphatic carbocycles. The van der Waals surface area contributed by atoms with E-state index in [-0.39, 0.29) is 5.91 Å². The van der Waals surface area contributed by atoms with E-state index in [0.29, 0.717) is 22.5 Å². The van der Waals surface area contributed by atoms with Gasteiger partial charge in [0.2, 0.25) is 5.91 Å². The first kappa shape index (κ1) is 23.8. The summed E-state index contributed by atoms with van der Waals surface area (Å²) in [5.41, 5.74) is 3.21. The van der Waals surface area contributed by atoms with Gasteiger partial charge in [0, 0.05) is 29.6 Å². The first-order chi connectivity index (χ1) is 16.1. The lowest BCUT2D eigenvalue weighted by atomic mass is 9.91. The van der Waals surface area contributed by atoms with Gasteiger partial charge in [0.15, 0.2) is 0 Å². The van der Waals surface area contributed by atoms with Gasteiger partial charge in [-0.2, -0.15) is 5.10 Å². The Kier molecular flexibility index (Phi) is 8.43. The van der Waals surface area contributed by atoms with E-state index in [1.165, 1.54) is 30.0 Å². The summed E-state index contributed by atoms with van der Waals surface area (Å²) >= 11 is 11.9. The summed E-state index contributed by atoms with van der Waals surface area (Å²) < 4.78 is 0. The molecule has 3 aromatic rings. The molecule has 1 fully saturated rings. The van der Waals surface area contributed by atoms with Gasteiger partial charge < -0.3 is 10.2 Å². The van der Waals surface area contributed by atoms with Crippen LogP contribution in [0.2, 0.25) is 10.0 Å². The van der Waals surface area contributed by atoms with Crippen LogP contribution in [0.3, 0.4) is 0 Å². The summed E-state index contributed by atoms with van der Waals surface area (Å²) in [6.45, 7) is 4.09. The first-order valence-electron chi connectivity index (χ1n) is 11.7. The lowest BCUT2D eigenvalue weighted by Gasteiger charge is -2.31. The predicted molar refractivity (Wildman–Crippen MR) is 137 cm³/mol. The fourth-order valence-corrected chi connectivity index (χ4v) is 4.74. The molecule has 33 heavy (non-hydrogen) atoms. The second kappa shape index (κ2) is 11.7. The van der Waals surface area contributed by atoms with E-state index < -0.39 is 0 Å². The molecule has 1 amide bonds. The normalized spacial score (nSPS) is 15.5. The molecule has 0 unspecified atom stereocenters. The summed E-state index contributed by atoms with van der Waals surface area (Å²) in [5.74, 6) is 0.482. The van der Waals surface area contributed by atoms with Gasteiger partial charge in [0.25, 0.3) is 0 Å². The molecule has 2 aromatic carbocycles. The molecule has 2 N–H and O–H groups in total. The number of piperidine rings is 1. The van der Waals surface area contributed by atoms with Crippen molar-refractivity contribution in [3.05, 3.63) is 69.8 Å². The van der Waals surface area contributed by atoms with Crippen LogP contribution >= 0.6 is 23.2 Å². The molecule has 2 heterocycles. The number of H-pyrrole nitrogens is 1. The van der Waals surface area contributed by atoms with Gasteiger partial charge >= 0.3 is 0 Å². The molecule has 1 saturated heterocycles. The van der Waals surface area contributed by atoms with Crippen LogP contribution in [0, 0.1) is 0 Å². The van der Waals surface area contributed by atoms with E-state index >= 15 is 0 Å². The number of carbonyl (C=O) groups excluding carboxylic acids is 1. The zero-order valence-corrected chi connectivity index (χ0v) is 20.2. The molecule has 5 nitrogen and oxygen atoms in total. The standard InChI is InChI=1S/C26H30Cl2N4O/c27-22-10-8-19(18-23(22)28)9-11-25(33)29-14-4-1-5-15-32-16-12-20(13-17-32)26-21-6-2-3-7-24(21)30-31-26/h2-3,6-11,18,20H,1,4-5,12-17H2,(H,29,33)(H,30,31). The SMILES string of the molecule is O=C(C=Cc1ccc(Cl)c(Cl)c1)NCCCCCN1CCC(c2[nH]nc3ccccc23)CC1. The maximum absolute atomic E-state index is 12.0. The third-order valence-corrected chi connectivity index (χ3v) is 7.05. The maximum Gasteiger partial charge on any atom is 0.243 e. The van der Waals surface area contributed by atoms with Crippen molar-refractivity contribution < 1.29 is 4.79 Å². The fourth-order valence-electron chi connectivity index (χ4n) is 4.43. The number of para-hydroxylation sites is 1. The second-order valence-electron chi connectivity index (χ2n) is 8.63. The predicted octanol–water partition coefficient (Wildman–Crippen LogP) is 6.05. The van der Waals surface area contributed by atoms with E-state index in [2.05, 4.69) is 38.6 Å². The zero-order chi connectivity index (χ0) is 23.0. The molecule has 1 aliphatic rings. The fraction of sp³-hybridized carbons (Fsp3) is 0.385. The highest BCUT2D eigenvalue weighted by atomic mass is 35.5. The average Bonchev–Trinajstić information content (AvgIpc) is 3.27. The van der Waals surface area contributed by atoms with Crippen molar-refractivity contribution in [3.8, 4) is 0 Å². The minimum absolute atomic E-state index is 0.0884. The summed E-state index contributed by atoms with van der Waals surface area (Å²) in [7, 11) is 0. The van der Waals surface area contributed by atoms with Crippen molar-refractivity contribution in [2.45, 2.75) is 38.0 Å². The van der Waals surface area contributed by atoms with Crippen LogP contribution in [0.15, 0.2) is 48.5 Å². The highest BCUT2D eigenvalue weighted by Crippen LogP contribution is 2.31. The third kappa shape index (κ3) is 6.59. The highest BCUT2D eigenvalue weighted by Gasteiger charge is 2.23. The van der Waals surface area contributed by atoms with Crippen molar-refractivity contribution in [2.75, 3.05) is 26.2 Å². The van der Waals surface area contributed by atoms with Crippen molar-refractivity contribution in [3.63, 3.8) is 0 Å². The molecule has 0 radical (unpaired) electrons. The van der Waals surface area contributed by atoms with Crippen LogP contribution in [-0.2, 0) is 4.79 Å². The van der Waals surface area contributed by atoms with Gasteiger partial charge in [-0.1, -0.05) is 53.9 Å². The number of amides is 1. The number of nitrogens with one attached hydrogen (secondary N) is 2. The number of aromatic amines is 1. The Bertz CT molecular complexity index is 1100. The van der Waals surface area contributed by atoms with Gasteiger partial charge in [-0.05, 0) is 75.2 Å². The van der Waals surface area contributed by atoms with Gasteiger partial charge in [-0.15, -0.1) is 0 Å². The quantitative estimate of drug-likeness (QED) is 0.287. The maximum atomic E-state index is 12.0. The molecule has 0 bridgehead atoms. The lowest BCUT2D eigenvalue weighted by Crippen LogP contribution is -2.34.